The van der Waals surface area contributed by atoms with Crippen molar-refractivity contribution in [3.63, 3.8) is 0 Å². The zero-order chi connectivity index (χ0) is 20.7. The molecule has 0 unspecified atom stereocenters. The van der Waals surface area contributed by atoms with Crippen LogP contribution in [0.2, 0.25) is 0 Å². The second kappa shape index (κ2) is 8.10. The molecule has 0 saturated heterocycles. The molecule has 2 aromatic rings. The van der Waals surface area contributed by atoms with Crippen LogP contribution in [0.25, 0.3) is 0 Å². The monoisotopic (exact) mass is 422 g/mol. The molecule has 5 heteroatoms. The number of thiocarbonyl (C=S) groups is 1. The van der Waals surface area contributed by atoms with Gasteiger partial charge in [-0.15, -0.1) is 0 Å². The van der Waals surface area contributed by atoms with Gasteiger partial charge in [0.2, 0.25) is 0 Å². The Hall–Kier alpha value is -2.27. The van der Waals surface area contributed by atoms with Crippen molar-refractivity contribution >= 4 is 17.3 Å². The molecule has 1 heterocycles. The molecule has 30 heavy (non-hydrogen) atoms. The summed E-state index contributed by atoms with van der Waals surface area (Å²) in [6, 6.07) is 15.6. The molecule has 2 aliphatic carbocycles. The minimum absolute atomic E-state index is 0.0772. The lowest BCUT2D eigenvalue weighted by Crippen LogP contribution is -2.50. The largest absolute Gasteiger partial charge is 0.493 e. The number of hydrogen-bond acceptors (Lipinski definition) is 3. The molecule has 158 valence electrons. The van der Waals surface area contributed by atoms with Gasteiger partial charge in [0.1, 0.15) is 0 Å². The number of nitrogens with zero attached hydrogens (tertiary/aromatic N) is 1. The Bertz CT molecular complexity index is 932. The SMILES string of the molecule is COc1cc2c(cc1OC)[C@@H](c1ccccc1)N(C(=S)N[C@@H]1C[C@H]3CC[C@H]1C3)CC2. The van der Waals surface area contributed by atoms with Gasteiger partial charge in [-0.1, -0.05) is 36.8 Å². The summed E-state index contributed by atoms with van der Waals surface area (Å²) >= 11 is 6.00. The standard InChI is InChI=1S/C25H30N2O2S/c1-28-22-14-18-10-11-27(25(30)26-21-13-16-8-9-19(21)12-16)24(17-6-4-3-5-7-17)20(18)15-23(22)29-2/h3-7,14-16,19,21,24H,8-13H2,1-2H3,(H,26,30)/t16-,19-,21+,24+/m0/s1. The minimum atomic E-state index is 0.0772. The zero-order valence-corrected chi connectivity index (χ0v) is 18.6. The second-order valence-electron chi connectivity index (χ2n) is 8.89. The summed E-state index contributed by atoms with van der Waals surface area (Å²) in [6.07, 6.45) is 6.35. The van der Waals surface area contributed by atoms with Crippen molar-refractivity contribution in [2.45, 2.75) is 44.2 Å². The lowest BCUT2D eigenvalue weighted by molar-refractivity contribution is 0.309. The number of benzene rings is 2. The van der Waals surface area contributed by atoms with Crippen LogP contribution < -0.4 is 14.8 Å². The molecule has 4 nitrogen and oxygen atoms in total. The number of ether oxygens (including phenoxy) is 2. The topological polar surface area (TPSA) is 33.7 Å². The number of hydrogen-bond donors (Lipinski definition) is 1. The maximum absolute atomic E-state index is 6.00. The Labute approximate surface area is 184 Å². The fourth-order valence-electron chi connectivity index (χ4n) is 5.82. The predicted molar refractivity (Wildman–Crippen MR) is 123 cm³/mol. The summed E-state index contributed by atoms with van der Waals surface area (Å²) in [5, 5.41) is 4.65. The van der Waals surface area contributed by atoms with E-state index >= 15 is 0 Å². The lowest BCUT2D eigenvalue weighted by atomic mass is 9.88. The molecule has 2 aromatic carbocycles. The van der Waals surface area contributed by atoms with Gasteiger partial charge in [-0.25, -0.2) is 0 Å². The first kappa shape index (κ1) is 19.7. The van der Waals surface area contributed by atoms with Crippen molar-refractivity contribution < 1.29 is 9.47 Å². The average Bonchev–Trinajstić information content (AvgIpc) is 3.41. The second-order valence-corrected chi connectivity index (χ2v) is 9.28. The third kappa shape index (κ3) is 3.43. The molecule has 3 aliphatic rings. The molecule has 2 bridgehead atoms. The smallest absolute Gasteiger partial charge is 0.169 e. The molecule has 0 aromatic heterocycles. The van der Waals surface area contributed by atoms with E-state index in [1.807, 2.05) is 0 Å². The number of rotatable bonds is 4. The van der Waals surface area contributed by atoms with E-state index in [-0.39, 0.29) is 6.04 Å². The van der Waals surface area contributed by atoms with Crippen molar-refractivity contribution in [1.82, 2.24) is 10.2 Å². The zero-order valence-electron chi connectivity index (χ0n) is 17.8. The summed E-state index contributed by atoms with van der Waals surface area (Å²) in [5.41, 5.74) is 3.81. The molecule has 2 fully saturated rings. The Balaban J connectivity index is 1.49. The van der Waals surface area contributed by atoms with E-state index in [4.69, 9.17) is 21.7 Å². The predicted octanol–water partition coefficient (Wildman–Crippen LogP) is 4.71. The van der Waals surface area contributed by atoms with Crippen molar-refractivity contribution in [3.8, 4) is 11.5 Å². The Morgan fingerprint density at radius 2 is 1.80 bits per heavy atom. The van der Waals surface area contributed by atoms with Crippen LogP contribution in [0.3, 0.4) is 0 Å². The average molecular weight is 423 g/mol. The maximum Gasteiger partial charge on any atom is 0.169 e. The van der Waals surface area contributed by atoms with Gasteiger partial charge in [-0.05, 0) is 78.6 Å². The van der Waals surface area contributed by atoms with Gasteiger partial charge in [0, 0.05) is 12.6 Å². The fraction of sp³-hybridized carbons (Fsp3) is 0.480. The van der Waals surface area contributed by atoms with E-state index < -0.39 is 0 Å². The number of nitrogens with one attached hydrogen (secondary N) is 1. The van der Waals surface area contributed by atoms with E-state index in [1.54, 1.807) is 14.2 Å². The highest BCUT2D eigenvalue weighted by molar-refractivity contribution is 7.80. The van der Waals surface area contributed by atoms with Gasteiger partial charge in [0.05, 0.1) is 20.3 Å². The van der Waals surface area contributed by atoms with Crippen LogP contribution in [0.4, 0.5) is 0 Å². The van der Waals surface area contributed by atoms with Gasteiger partial charge in [0.15, 0.2) is 16.6 Å². The Kier molecular flexibility index (Phi) is 5.32. The van der Waals surface area contributed by atoms with Crippen LogP contribution in [0.15, 0.2) is 42.5 Å². The molecule has 1 N–H and O–H groups in total. The van der Waals surface area contributed by atoms with Gasteiger partial charge in [0.25, 0.3) is 0 Å². The fourth-order valence-corrected chi connectivity index (χ4v) is 6.17. The third-order valence-electron chi connectivity index (χ3n) is 7.30. The van der Waals surface area contributed by atoms with Crippen molar-refractivity contribution in [2.75, 3.05) is 20.8 Å². The van der Waals surface area contributed by atoms with Gasteiger partial charge in [-0.2, -0.15) is 0 Å². The highest BCUT2D eigenvalue weighted by atomic mass is 32.1. The van der Waals surface area contributed by atoms with E-state index in [9.17, 15) is 0 Å². The first-order chi connectivity index (χ1) is 14.7. The normalized spacial score (nSPS) is 26.9. The maximum atomic E-state index is 6.00. The molecule has 5 rings (SSSR count). The lowest BCUT2D eigenvalue weighted by Gasteiger charge is -2.41. The van der Waals surface area contributed by atoms with Gasteiger partial charge >= 0.3 is 0 Å². The van der Waals surface area contributed by atoms with Gasteiger partial charge in [-0.3, -0.25) is 0 Å². The van der Waals surface area contributed by atoms with E-state index in [0.717, 1.165) is 41.4 Å². The Morgan fingerprint density at radius 3 is 2.47 bits per heavy atom. The number of methoxy groups -OCH3 is 2. The van der Waals surface area contributed by atoms with E-state index in [1.165, 1.54) is 42.4 Å². The molecule has 2 saturated carbocycles. The molecule has 1 aliphatic heterocycles. The summed E-state index contributed by atoms with van der Waals surface area (Å²) < 4.78 is 11.2. The molecular formula is C25H30N2O2S. The third-order valence-corrected chi connectivity index (χ3v) is 7.65. The van der Waals surface area contributed by atoms with Crippen LogP contribution in [0.1, 0.15) is 48.4 Å². The minimum Gasteiger partial charge on any atom is -0.493 e. The quantitative estimate of drug-likeness (QED) is 0.722. The summed E-state index contributed by atoms with van der Waals surface area (Å²) in [5.74, 6) is 3.26. The van der Waals surface area contributed by atoms with Crippen molar-refractivity contribution in [3.05, 3.63) is 59.2 Å². The van der Waals surface area contributed by atoms with Crippen LogP contribution in [-0.2, 0) is 6.42 Å². The van der Waals surface area contributed by atoms with Crippen molar-refractivity contribution in [1.29, 1.82) is 0 Å². The Morgan fingerprint density at radius 1 is 1.03 bits per heavy atom. The van der Waals surface area contributed by atoms with Gasteiger partial charge < -0.3 is 19.7 Å². The number of fused-ring (bicyclic) bond motifs is 3. The summed E-state index contributed by atoms with van der Waals surface area (Å²) in [6.45, 7) is 0.898. The molecule has 0 radical (unpaired) electrons. The van der Waals surface area contributed by atoms with E-state index in [2.05, 4.69) is 52.7 Å². The molecular weight excluding hydrogens is 392 g/mol. The summed E-state index contributed by atoms with van der Waals surface area (Å²) in [4.78, 5) is 2.38. The highest BCUT2D eigenvalue weighted by Crippen LogP contribution is 2.45. The van der Waals surface area contributed by atoms with Crippen molar-refractivity contribution in [2.24, 2.45) is 11.8 Å². The molecule has 4 atom stereocenters. The first-order valence-corrected chi connectivity index (χ1v) is 11.5. The van der Waals surface area contributed by atoms with E-state index in [0.29, 0.717) is 6.04 Å². The molecule has 0 spiro atoms. The van der Waals surface area contributed by atoms with Crippen LogP contribution in [0, 0.1) is 11.8 Å². The van der Waals surface area contributed by atoms with Crippen LogP contribution in [0.5, 0.6) is 11.5 Å². The summed E-state index contributed by atoms with van der Waals surface area (Å²) in [7, 11) is 3.39. The van der Waals surface area contributed by atoms with Crippen LogP contribution >= 0.6 is 12.2 Å². The highest BCUT2D eigenvalue weighted by Gasteiger charge is 2.41. The first-order valence-electron chi connectivity index (χ1n) is 11.0. The molecule has 0 amide bonds. The van der Waals surface area contributed by atoms with Crippen LogP contribution in [-0.4, -0.2) is 36.8 Å².